The molecule has 0 saturated heterocycles. The van der Waals surface area contributed by atoms with Gasteiger partial charge in [-0.3, -0.25) is 9.78 Å². The molecule has 0 aliphatic rings. The lowest BCUT2D eigenvalue weighted by Gasteiger charge is -2.08. The summed E-state index contributed by atoms with van der Waals surface area (Å²) in [5, 5.41) is 3.00. The molecule has 6 heteroatoms. The third kappa shape index (κ3) is 3.67. The fraction of sp³-hybridized carbons (Fsp3) is 0.0556. The van der Waals surface area contributed by atoms with Crippen molar-refractivity contribution >= 4 is 17.6 Å². The summed E-state index contributed by atoms with van der Waals surface area (Å²) in [6.45, 7) is 1.96. The number of nitrogens with zero attached hydrogens (tertiary/aromatic N) is 2. The highest BCUT2D eigenvalue weighted by molar-refractivity contribution is 5.94. The van der Waals surface area contributed by atoms with E-state index in [4.69, 9.17) is 5.73 Å². The second kappa shape index (κ2) is 6.78. The number of hydrogen-bond donors (Lipinski definition) is 3. The van der Waals surface area contributed by atoms with Gasteiger partial charge in [-0.2, -0.15) is 4.99 Å². The minimum absolute atomic E-state index is 0.151. The van der Waals surface area contributed by atoms with E-state index < -0.39 is 0 Å². The van der Waals surface area contributed by atoms with Crippen molar-refractivity contribution in [2.75, 3.05) is 5.32 Å². The molecule has 4 N–H and O–H groups in total. The summed E-state index contributed by atoms with van der Waals surface area (Å²) in [6, 6.07) is 18.6. The van der Waals surface area contributed by atoms with Gasteiger partial charge in [-0.15, -0.1) is 0 Å². The van der Waals surface area contributed by atoms with Gasteiger partial charge >= 0.3 is 0 Å². The Morgan fingerprint density at radius 3 is 2.58 bits per heavy atom. The maximum atomic E-state index is 11.9. The molecule has 120 valence electrons. The van der Waals surface area contributed by atoms with Crippen LogP contribution < -0.4 is 16.6 Å². The van der Waals surface area contributed by atoms with E-state index in [1.165, 1.54) is 6.07 Å². The summed E-state index contributed by atoms with van der Waals surface area (Å²) in [6.07, 6.45) is 0. The number of guanidine groups is 1. The van der Waals surface area contributed by atoms with Gasteiger partial charge in [0.15, 0.2) is 0 Å². The van der Waals surface area contributed by atoms with Crippen LogP contribution >= 0.6 is 0 Å². The Hall–Kier alpha value is -3.41. The van der Waals surface area contributed by atoms with Crippen LogP contribution in [-0.2, 0) is 0 Å². The van der Waals surface area contributed by atoms with Gasteiger partial charge in [0.05, 0.1) is 5.69 Å². The highest BCUT2D eigenvalue weighted by Crippen LogP contribution is 2.17. The van der Waals surface area contributed by atoms with Crippen molar-refractivity contribution in [1.82, 2.24) is 9.97 Å². The van der Waals surface area contributed by atoms with Gasteiger partial charge in [0.25, 0.3) is 5.56 Å². The Morgan fingerprint density at radius 1 is 1.12 bits per heavy atom. The number of anilines is 1. The Labute approximate surface area is 139 Å². The molecule has 0 spiro atoms. The Balaban J connectivity index is 1.91. The van der Waals surface area contributed by atoms with Crippen molar-refractivity contribution in [3.8, 4) is 11.3 Å². The largest absolute Gasteiger partial charge is 0.369 e. The second-order valence-electron chi connectivity index (χ2n) is 5.26. The minimum atomic E-state index is -0.286. The van der Waals surface area contributed by atoms with Gasteiger partial charge in [0.1, 0.15) is 0 Å². The van der Waals surface area contributed by atoms with Crippen LogP contribution in [0.25, 0.3) is 11.3 Å². The zero-order valence-electron chi connectivity index (χ0n) is 13.2. The standard InChI is InChI=1S/C18H17N5O/c1-12-7-5-6-10-14(12)20-17(19)23-18-21-15(11-16(24)22-18)13-8-3-2-4-9-13/h2-11H,1H3,(H4,19,20,21,22,23,24). The highest BCUT2D eigenvalue weighted by atomic mass is 16.1. The van der Waals surface area contributed by atoms with Crippen LogP contribution in [-0.4, -0.2) is 15.9 Å². The van der Waals surface area contributed by atoms with Gasteiger partial charge in [0, 0.05) is 17.3 Å². The normalized spacial score (nSPS) is 11.3. The number of para-hydroxylation sites is 1. The molecule has 0 radical (unpaired) electrons. The maximum absolute atomic E-state index is 11.9. The molecule has 3 aromatic rings. The van der Waals surface area contributed by atoms with Crippen molar-refractivity contribution in [2.45, 2.75) is 6.92 Å². The first-order chi connectivity index (χ1) is 11.6. The fourth-order valence-corrected chi connectivity index (χ4v) is 2.25. The topological polar surface area (TPSA) is 96.2 Å². The number of hydrogen-bond acceptors (Lipinski definition) is 3. The average molecular weight is 319 g/mol. The Bertz CT molecular complexity index is 931. The molecule has 0 fully saturated rings. The predicted octanol–water partition coefficient (Wildman–Crippen LogP) is 2.80. The quantitative estimate of drug-likeness (QED) is 0.511. The van der Waals surface area contributed by atoms with Crippen LogP contribution in [0, 0.1) is 6.92 Å². The van der Waals surface area contributed by atoms with E-state index in [9.17, 15) is 4.79 Å². The molecule has 1 aromatic heterocycles. The zero-order valence-corrected chi connectivity index (χ0v) is 13.2. The van der Waals surface area contributed by atoms with Crippen LogP contribution in [0.4, 0.5) is 11.6 Å². The summed E-state index contributed by atoms with van der Waals surface area (Å²) in [5.41, 5.74) is 8.90. The summed E-state index contributed by atoms with van der Waals surface area (Å²) >= 11 is 0. The van der Waals surface area contributed by atoms with Crippen molar-refractivity contribution in [3.05, 3.63) is 76.6 Å². The number of benzene rings is 2. The molecule has 24 heavy (non-hydrogen) atoms. The first kappa shape index (κ1) is 15.5. The van der Waals surface area contributed by atoms with E-state index in [2.05, 4.69) is 20.3 Å². The van der Waals surface area contributed by atoms with Crippen molar-refractivity contribution in [2.24, 2.45) is 10.7 Å². The van der Waals surface area contributed by atoms with Crippen LogP contribution in [0.5, 0.6) is 0 Å². The average Bonchev–Trinajstić information content (AvgIpc) is 2.57. The Morgan fingerprint density at radius 2 is 1.83 bits per heavy atom. The Kier molecular flexibility index (Phi) is 4.38. The van der Waals surface area contributed by atoms with E-state index in [0.29, 0.717) is 5.69 Å². The molecule has 1 heterocycles. The number of aromatic amines is 1. The lowest BCUT2D eigenvalue weighted by molar-refractivity contribution is 1.10. The molecule has 0 unspecified atom stereocenters. The van der Waals surface area contributed by atoms with Crippen LogP contribution in [0.3, 0.4) is 0 Å². The summed E-state index contributed by atoms with van der Waals surface area (Å²) in [7, 11) is 0. The summed E-state index contributed by atoms with van der Waals surface area (Å²) in [4.78, 5) is 22.9. The van der Waals surface area contributed by atoms with Crippen LogP contribution in [0.1, 0.15) is 5.56 Å². The lowest BCUT2D eigenvalue weighted by Crippen LogP contribution is -2.23. The molecule has 0 aliphatic heterocycles. The molecule has 0 aliphatic carbocycles. The number of aromatic nitrogens is 2. The van der Waals surface area contributed by atoms with Crippen molar-refractivity contribution in [3.63, 3.8) is 0 Å². The van der Waals surface area contributed by atoms with Gasteiger partial charge in [-0.1, -0.05) is 48.5 Å². The molecule has 6 nitrogen and oxygen atoms in total. The molecule has 0 atom stereocenters. The highest BCUT2D eigenvalue weighted by Gasteiger charge is 2.04. The van der Waals surface area contributed by atoms with E-state index in [0.717, 1.165) is 16.8 Å². The minimum Gasteiger partial charge on any atom is -0.369 e. The lowest BCUT2D eigenvalue weighted by atomic mass is 10.1. The molecule has 0 amide bonds. The maximum Gasteiger partial charge on any atom is 0.252 e. The smallest absolute Gasteiger partial charge is 0.252 e. The number of rotatable bonds is 3. The molecule has 0 saturated carbocycles. The molecule has 2 aromatic carbocycles. The number of nitrogens with two attached hydrogens (primary N) is 1. The number of H-pyrrole nitrogens is 1. The third-order valence-corrected chi connectivity index (χ3v) is 3.43. The predicted molar refractivity (Wildman–Crippen MR) is 96.4 cm³/mol. The summed E-state index contributed by atoms with van der Waals surface area (Å²) in [5.74, 6) is 0.303. The second-order valence-corrected chi connectivity index (χ2v) is 5.26. The van der Waals surface area contributed by atoms with Gasteiger partial charge in [0.2, 0.25) is 11.9 Å². The van der Waals surface area contributed by atoms with E-state index in [1.54, 1.807) is 0 Å². The number of aliphatic imine (C=N–C) groups is 1. The van der Waals surface area contributed by atoms with Gasteiger partial charge in [-0.05, 0) is 18.6 Å². The molecular weight excluding hydrogens is 302 g/mol. The number of nitrogens with one attached hydrogen (secondary N) is 2. The third-order valence-electron chi connectivity index (χ3n) is 3.43. The van der Waals surface area contributed by atoms with Crippen molar-refractivity contribution in [1.29, 1.82) is 0 Å². The van der Waals surface area contributed by atoms with E-state index >= 15 is 0 Å². The van der Waals surface area contributed by atoms with Crippen LogP contribution in [0.2, 0.25) is 0 Å². The molecular formula is C18H17N5O. The molecule has 3 rings (SSSR count). The SMILES string of the molecule is Cc1ccccc1NC(N)=Nc1nc(-c2ccccc2)cc(=O)[nH]1. The first-order valence-electron chi connectivity index (χ1n) is 7.45. The summed E-state index contributed by atoms with van der Waals surface area (Å²) < 4.78 is 0. The first-order valence-corrected chi connectivity index (χ1v) is 7.45. The van der Waals surface area contributed by atoms with E-state index in [-0.39, 0.29) is 17.5 Å². The zero-order chi connectivity index (χ0) is 16.9. The molecule has 0 bridgehead atoms. The van der Waals surface area contributed by atoms with Crippen LogP contribution in [0.15, 0.2) is 70.5 Å². The van der Waals surface area contributed by atoms with E-state index in [1.807, 2.05) is 61.5 Å². The van der Waals surface area contributed by atoms with Gasteiger partial charge in [-0.25, -0.2) is 4.98 Å². The number of aryl methyl sites for hydroxylation is 1. The fourth-order valence-electron chi connectivity index (χ4n) is 2.25. The van der Waals surface area contributed by atoms with Crippen molar-refractivity contribution < 1.29 is 0 Å². The monoisotopic (exact) mass is 319 g/mol. The van der Waals surface area contributed by atoms with Gasteiger partial charge < -0.3 is 11.1 Å².